The van der Waals surface area contributed by atoms with Crippen LogP contribution in [0.15, 0.2) is 24.4 Å². The van der Waals surface area contributed by atoms with E-state index < -0.39 is 41.1 Å². The molecule has 32 heavy (non-hydrogen) atoms. The zero-order valence-electron chi connectivity index (χ0n) is 17.3. The van der Waals surface area contributed by atoms with Crippen molar-refractivity contribution in [3.05, 3.63) is 35.5 Å². The molecule has 0 aliphatic carbocycles. The second-order valence-electron chi connectivity index (χ2n) is 8.79. The van der Waals surface area contributed by atoms with Crippen LogP contribution in [0.5, 0.6) is 0 Å². The number of fused-ring (bicyclic) bond motifs is 1. The molecule has 4 heterocycles. The summed E-state index contributed by atoms with van der Waals surface area (Å²) in [5.74, 6) is -2.66. The first-order valence-electron chi connectivity index (χ1n) is 10.1. The van der Waals surface area contributed by atoms with Crippen LogP contribution in [0.25, 0.3) is 11.3 Å². The molecule has 164 valence electrons. The molecule has 11 nitrogen and oxygen atoms in total. The molecular formula is C21H19N5O6. The van der Waals surface area contributed by atoms with E-state index in [-0.39, 0.29) is 36.5 Å². The maximum Gasteiger partial charge on any atom is 0.331 e. The fourth-order valence-electron chi connectivity index (χ4n) is 4.37. The zero-order chi connectivity index (χ0) is 22.8. The molecule has 2 unspecified atom stereocenters. The number of carbonyl (C=O) groups is 5. The van der Waals surface area contributed by atoms with E-state index in [2.05, 4.69) is 15.6 Å². The number of piperidine rings is 1. The number of ether oxygens (including phenoxy) is 1. The van der Waals surface area contributed by atoms with Crippen LogP contribution in [0.4, 0.5) is 0 Å². The van der Waals surface area contributed by atoms with Crippen molar-refractivity contribution in [3.8, 4) is 11.3 Å². The molecule has 0 radical (unpaired) electrons. The fraction of sp³-hybridized carbons (Fsp3) is 0.381. The minimum atomic E-state index is -1.03. The lowest BCUT2D eigenvalue weighted by Crippen LogP contribution is -2.54. The first kappa shape index (κ1) is 20.0. The lowest BCUT2D eigenvalue weighted by molar-refractivity contribution is -0.141. The van der Waals surface area contributed by atoms with Gasteiger partial charge in [-0.2, -0.15) is 0 Å². The van der Waals surface area contributed by atoms with Gasteiger partial charge in [0.05, 0.1) is 23.9 Å². The first-order valence-corrected chi connectivity index (χ1v) is 10.1. The van der Waals surface area contributed by atoms with Crippen molar-refractivity contribution in [2.75, 3.05) is 6.61 Å². The third-order valence-electron chi connectivity index (χ3n) is 6.06. The highest BCUT2D eigenvalue weighted by Crippen LogP contribution is 2.38. The number of amides is 4. The number of benzene rings is 1. The van der Waals surface area contributed by atoms with Crippen molar-refractivity contribution >= 4 is 29.6 Å². The van der Waals surface area contributed by atoms with Gasteiger partial charge >= 0.3 is 5.97 Å². The third-order valence-corrected chi connectivity index (χ3v) is 6.06. The normalized spacial score (nSPS) is 24.6. The summed E-state index contributed by atoms with van der Waals surface area (Å²) in [5.41, 5.74) is 0.822. The maximum atomic E-state index is 13.0. The smallest absolute Gasteiger partial charge is 0.331 e. The first-order chi connectivity index (χ1) is 15.2. The van der Waals surface area contributed by atoms with Crippen LogP contribution in [0.3, 0.4) is 0 Å². The van der Waals surface area contributed by atoms with Crippen molar-refractivity contribution in [3.63, 3.8) is 0 Å². The van der Waals surface area contributed by atoms with E-state index in [0.29, 0.717) is 11.3 Å². The Morgan fingerprint density at radius 1 is 1.09 bits per heavy atom. The van der Waals surface area contributed by atoms with E-state index in [1.807, 2.05) is 13.8 Å². The van der Waals surface area contributed by atoms with Gasteiger partial charge in [0.15, 0.2) is 6.04 Å². The van der Waals surface area contributed by atoms with Crippen molar-refractivity contribution < 1.29 is 28.7 Å². The standard InChI is InChI=1S/C21H19N5O6/c1-21(2)9-32-20(31)16(21)25-8-13(23-24-25)10-3-4-11-12(7-10)19(30)26(18(11)29)14-5-6-15(27)22-17(14)28/h3-4,7-8,14,16H,5-6,9H2,1-2H3,(H,22,27,28). The van der Waals surface area contributed by atoms with Gasteiger partial charge in [-0.25, -0.2) is 9.48 Å². The van der Waals surface area contributed by atoms with E-state index in [0.717, 1.165) is 4.90 Å². The summed E-state index contributed by atoms with van der Waals surface area (Å²) in [6.45, 7) is 4.07. The highest BCUT2D eigenvalue weighted by molar-refractivity contribution is 6.23. The zero-order valence-corrected chi connectivity index (χ0v) is 17.3. The second kappa shape index (κ2) is 6.81. The molecule has 1 aromatic carbocycles. The quantitative estimate of drug-likeness (QED) is 0.540. The van der Waals surface area contributed by atoms with Crippen LogP contribution in [0.1, 0.15) is 53.4 Å². The molecule has 0 spiro atoms. The van der Waals surface area contributed by atoms with E-state index in [9.17, 15) is 24.0 Å². The SMILES string of the molecule is CC1(C)COC(=O)C1n1cc(-c2ccc3c(c2)C(=O)N(C2CCC(=O)NC2=O)C3=O)nn1. The van der Waals surface area contributed by atoms with Crippen molar-refractivity contribution in [1.82, 2.24) is 25.2 Å². The number of hydrogen-bond acceptors (Lipinski definition) is 8. The van der Waals surface area contributed by atoms with Gasteiger partial charge in [-0.05, 0) is 18.6 Å². The van der Waals surface area contributed by atoms with E-state index in [1.54, 1.807) is 12.3 Å². The fourth-order valence-corrected chi connectivity index (χ4v) is 4.37. The molecule has 0 bridgehead atoms. The Kier molecular flexibility index (Phi) is 4.26. The molecule has 1 N–H and O–H groups in total. The Labute approximate surface area is 181 Å². The van der Waals surface area contributed by atoms with Crippen LogP contribution < -0.4 is 5.32 Å². The molecule has 2 aromatic rings. The number of nitrogens with zero attached hydrogens (tertiary/aromatic N) is 4. The van der Waals surface area contributed by atoms with Crippen LogP contribution in [-0.4, -0.2) is 62.1 Å². The summed E-state index contributed by atoms with van der Waals surface area (Å²) < 4.78 is 6.60. The van der Waals surface area contributed by atoms with Gasteiger partial charge in [-0.3, -0.25) is 29.4 Å². The van der Waals surface area contributed by atoms with Gasteiger partial charge in [0.2, 0.25) is 11.8 Å². The minimum absolute atomic E-state index is 0.0537. The summed E-state index contributed by atoms with van der Waals surface area (Å²) in [6.07, 6.45) is 1.74. The molecule has 11 heteroatoms. The Hall–Kier alpha value is -3.89. The molecule has 5 rings (SSSR count). The summed E-state index contributed by atoms with van der Waals surface area (Å²) in [5, 5.41) is 10.4. The van der Waals surface area contributed by atoms with Crippen LogP contribution >= 0.6 is 0 Å². The number of cyclic esters (lactones) is 1. The average Bonchev–Trinajstić information content (AvgIpc) is 3.38. The topological polar surface area (TPSA) is 141 Å². The van der Waals surface area contributed by atoms with E-state index >= 15 is 0 Å². The van der Waals surface area contributed by atoms with Gasteiger partial charge in [0.25, 0.3) is 11.8 Å². The lowest BCUT2D eigenvalue weighted by Gasteiger charge is -2.27. The molecule has 3 aliphatic rings. The predicted molar refractivity (Wildman–Crippen MR) is 106 cm³/mol. The van der Waals surface area contributed by atoms with Gasteiger partial charge in [0, 0.05) is 17.4 Å². The van der Waals surface area contributed by atoms with Gasteiger partial charge in [0.1, 0.15) is 11.7 Å². The highest BCUT2D eigenvalue weighted by Gasteiger charge is 2.46. The Morgan fingerprint density at radius 3 is 2.53 bits per heavy atom. The van der Waals surface area contributed by atoms with Gasteiger partial charge in [-0.15, -0.1) is 5.10 Å². The van der Waals surface area contributed by atoms with Crippen molar-refractivity contribution in [1.29, 1.82) is 0 Å². The molecule has 2 atom stereocenters. The predicted octanol–water partition coefficient (Wildman–Crippen LogP) is 0.470. The number of aromatic nitrogens is 3. The number of nitrogens with one attached hydrogen (secondary N) is 1. The number of rotatable bonds is 3. The molecule has 2 fully saturated rings. The molecule has 0 saturated carbocycles. The molecule has 3 aliphatic heterocycles. The Morgan fingerprint density at radius 2 is 1.84 bits per heavy atom. The van der Waals surface area contributed by atoms with Crippen LogP contribution in [-0.2, 0) is 19.1 Å². The third kappa shape index (κ3) is 2.92. The van der Waals surface area contributed by atoms with Gasteiger partial charge in [-0.1, -0.05) is 25.1 Å². The highest BCUT2D eigenvalue weighted by atomic mass is 16.5. The second-order valence-corrected chi connectivity index (χ2v) is 8.79. The van der Waals surface area contributed by atoms with E-state index in [4.69, 9.17) is 4.74 Å². The summed E-state index contributed by atoms with van der Waals surface area (Å²) in [7, 11) is 0. The van der Waals surface area contributed by atoms with Crippen LogP contribution in [0.2, 0.25) is 0 Å². The lowest BCUT2D eigenvalue weighted by atomic mass is 9.88. The molecule has 1 aromatic heterocycles. The van der Waals surface area contributed by atoms with Crippen LogP contribution in [0, 0.1) is 5.41 Å². The number of hydrogen-bond donors (Lipinski definition) is 1. The maximum absolute atomic E-state index is 13.0. The Balaban J connectivity index is 1.45. The number of imide groups is 2. The minimum Gasteiger partial charge on any atom is -0.463 e. The van der Waals surface area contributed by atoms with Crippen molar-refractivity contribution in [2.45, 2.75) is 38.8 Å². The summed E-state index contributed by atoms with van der Waals surface area (Å²) in [4.78, 5) is 62.5. The molecular weight excluding hydrogens is 418 g/mol. The summed E-state index contributed by atoms with van der Waals surface area (Å²) in [6, 6.07) is 3.01. The average molecular weight is 437 g/mol. The molecule has 2 saturated heterocycles. The van der Waals surface area contributed by atoms with Crippen molar-refractivity contribution in [2.24, 2.45) is 5.41 Å². The molecule has 4 amide bonds. The van der Waals surface area contributed by atoms with Gasteiger partial charge < -0.3 is 4.74 Å². The van der Waals surface area contributed by atoms with E-state index in [1.165, 1.54) is 16.8 Å². The number of esters is 1. The Bertz CT molecular complexity index is 1220. The summed E-state index contributed by atoms with van der Waals surface area (Å²) >= 11 is 0. The monoisotopic (exact) mass is 437 g/mol. The number of carbonyl (C=O) groups excluding carboxylic acids is 5. The largest absolute Gasteiger partial charge is 0.463 e.